The van der Waals surface area contributed by atoms with E-state index in [0.29, 0.717) is 31.6 Å². The van der Waals surface area contributed by atoms with E-state index >= 15 is 0 Å². The number of ether oxygens (including phenoxy) is 1. The highest BCUT2D eigenvalue weighted by molar-refractivity contribution is 5.82. The van der Waals surface area contributed by atoms with Gasteiger partial charge in [-0.1, -0.05) is 13.8 Å². The minimum Gasteiger partial charge on any atom is -0.444 e. The summed E-state index contributed by atoms with van der Waals surface area (Å²) in [5.74, 6) is 0.505. The second kappa shape index (κ2) is 7.30. The fourth-order valence-corrected chi connectivity index (χ4v) is 3.03. The van der Waals surface area contributed by atoms with Gasteiger partial charge in [-0.05, 0) is 51.9 Å². The molecule has 0 radical (unpaired) electrons. The molecule has 2 rings (SSSR count). The molecule has 138 valence electrons. The van der Waals surface area contributed by atoms with E-state index in [1.54, 1.807) is 4.90 Å². The van der Waals surface area contributed by atoms with Crippen molar-refractivity contribution in [3.8, 4) is 0 Å². The van der Waals surface area contributed by atoms with Crippen molar-refractivity contribution in [3.63, 3.8) is 0 Å². The largest absolute Gasteiger partial charge is 0.444 e. The Bertz CT molecular complexity index is 469. The lowest BCUT2D eigenvalue weighted by Gasteiger charge is -2.30. The van der Waals surface area contributed by atoms with Gasteiger partial charge in [0.15, 0.2) is 0 Å². The summed E-state index contributed by atoms with van der Waals surface area (Å²) in [5.41, 5.74) is 5.59. The molecule has 0 spiro atoms. The van der Waals surface area contributed by atoms with Crippen LogP contribution in [0.4, 0.5) is 4.79 Å². The molecule has 1 saturated carbocycles. The fraction of sp³-hybridized carbons (Fsp3) is 0.889. The average molecular weight is 339 g/mol. The lowest BCUT2D eigenvalue weighted by molar-refractivity contribution is -0.134. The summed E-state index contributed by atoms with van der Waals surface area (Å²) >= 11 is 0. The molecule has 2 aliphatic rings. The first-order valence-corrected chi connectivity index (χ1v) is 9.12. The number of nitrogens with zero attached hydrogens (tertiary/aromatic N) is 2. The van der Waals surface area contributed by atoms with Crippen molar-refractivity contribution in [2.24, 2.45) is 17.6 Å². The minimum atomic E-state index is -0.477. The van der Waals surface area contributed by atoms with Gasteiger partial charge in [0.2, 0.25) is 5.91 Å². The third kappa shape index (κ3) is 5.10. The Labute approximate surface area is 145 Å². The molecule has 0 bridgehead atoms. The highest BCUT2D eigenvalue weighted by Crippen LogP contribution is 2.30. The van der Waals surface area contributed by atoms with Crippen LogP contribution in [0.5, 0.6) is 0 Å². The van der Waals surface area contributed by atoms with Crippen molar-refractivity contribution >= 4 is 12.0 Å². The Morgan fingerprint density at radius 3 is 2.38 bits per heavy atom. The van der Waals surface area contributed by atoms with Gasteiger partial charge in [0.1, 0.15) is 5.60 Å². The van der Waals surface area contributed by atoms with Crippen LogP contribution in [0.1, 0.15) is 53.9 Å². The highest BCUT2D eigenvalue weighted by atomic mass is 16.6. The van der Waals surface area contributed by atoms with E-state index in [1.807, 2.05) is 39.5 Å². The number of rotatable bonds is 5. The molecule has 0 aromatic carbocycles. The predicted molar refractivity (Wildman–Crippen MR) is 93.5 cm³/mol. The summed E-state index contributed by atoms with van der Waals surface area (Å²) in [6.07, 6.45) is 2.79. The van der Waals surface area contributed by atoms with Gasteiger partial charge in [-0.3, -0.25) is 4.79 Å². The van der Waals surface area contributed by atoms with Gasteiger partial charge in [-0.2, -0.15) is 0 Å². The van der Waals surface area contributed by atoms with Crippen LogP contribution in [0, 0.1) is 11.8 Å². The van der Waals surface area contributed by atoms with E-state index in [9.17, 15) is 9.59 Å². The van der Waals surface area contributed by atoms with Crippen molar-refractivity contribution in [2.75, 3.05) is 19.6 Å². The number of amides is 2. The van der Waals surface area contributed by atoms with Gasteiger partial charge < -0.3 is 20.3 Å². The quantitative estimate of drug-likeness (QED) is 0.833. The zero-order valence-electron chi connectivity index (χ0n) is 15.7. The SMILES string of the molecule is CC(C)C(N)C(=O)N(CC1CCN(C(=O)OC(C)(C)C)C1)C1CC1. The van der Waals surface area contributed by atoms with Gasteiger partial charge in [-0.15, -0.1) is 0 Å². The molecule has 2 N–H and O–H groups in total. The van der Waals surface area contributed by atoms with Crippen molar-refractivity contribution in [3.05, 3.63) is 0 Å². The summed E-state index contributed by atoms with van der Waals surface area (Å²) in [7, 11) is 0. The van der Waals surface area contributed by atoms with E-state index in [-0.39, 0.29) is 17.9 Å². The van der Waals surface area contributed by atoms with Crippen LogP contribution >= 0.6 is 0 Å². The second-order valence-electron chi connectivity index (χ2n) is 8.57. The zero-order valence-corrected chi connectivity index (χ0v) is 15.7. The zero-order chi connectivity index (χ0) is 18.1. The lowest BCUT2D eigenvalue weighted by Crippen LogP contribution is -2.49. The first-order valence-electron chi connectivity index (χ1n) is 9.12. The van der Waals surface area contributed by atoms with Gasteiger partial charge >= 0.3 is 6.09 Å². The first-order chi connectivity index (χ1) is 11.1. The number of nitrogens with two attached hydrogens (primary N) is 1. The third-order valence-electron chi connectivity index (χ3n) is 4.67. The maximum Gasteiger partial charge on any atom is 0.410 e. The van der Waals surface area contributed by atoms with Crippen LogP contribution in [0.25, 0.3) is 0 Å². The first kappa shape index (κ1) is 19.0. The molecule has 6 heteroatoms. The Hall–Kier alpha value is -1.30. The Kier molecular flexibility index (Phi) is 5.78. The van der Waals surface area contributed by atoms with Crippen LogP contribution in [0.15, 0.2) is 0 Å². The Morgan fingerprint density at radius 1 is 1.25 bits per heavy atom. The van der Waals surface area contributed by atoms with Crippen LogP contribution in [0.3, 0.4) is 0 Å². The molecule has 1 aliphatic carbocycles. The van der Waals surface area contributed by atoms with Gasteiger partial charge in [0.25, 0.3) is 0 Å². The highest BCUT2D eigenvalue weighted by Gasteiger charge is 2.38. The van der Waals surface area contributed by atoms with E-state index in [0.717, 1.165) is 19.3 Å². The molecule has 2 atom stereocenters. The molecule has 0 aromatic heterocycles. The summed E-state index contributed by atoms with van der Waals surface area (Å²) in [5, 5.41) is 0. The predicted octanol–water partition coefficient (Wildman–Crippen LogP) is 2.22. The maximum atomic E-state index is 12.7. The molecule has 24 heavy (non-hydrogen) atoms. The smallest absolute Gasteiger partial charge is 0.410 e. The van der Waals surface area contributed by atoms with Crippen molar-refractivity contribution < 1.29 is 14.3 Å². The van der Waals surface area contributed by atoms with E-state index < -0.39 is 11.6 Å². The molecular formula is C18H33N3O3. The molecule has 1 heterocycles. The fourth-order valence-electron chi connectivity index (χ4n) is 3.03. The van der Waals surface area contributed by atoms with Crippen molar-refractivity contribution in [1.82, 2.24) is 9.80 Å². The summed E-state index contributed by atoms with van der Waals surface area (Å²) in [4.78, 5) is 28.5. The molecular weight excluding hydrogens is 306 g/mol. The van der Waals surface area contributed by atoms with Crippen molar-refractivity contribution in [2.45, 2.75) is 71.6 Å². The van der Waals surface area contributed by atoms with Crippen LogP contribution in [-0.4, -0.2) is 59.1 Å². The Morgan fingerprint density at radius 2 is 1.88 bits per heavy atom. The monoisotopic (exact) mass is 339 g/mol. The second-order valence-corrected chi connectivity index (χ2v) is 8.57. The molecule has 6 nitrogen and oxygen atoms in total. The Balaban J connectivity index is 1.90. The van der Waals surface area contributed by atoms with Gasteiger partial charge in [0, 0.05) is 25.7 Å². The number of hydrogen-bond acceptors (Lipinski definition) is 4. The molecule has 2 fully saturated rings. The number of carbonyl (C=O) groups is 2. The molecule has 2 amide bonds. The minimum absolute atomic E-state index is 0.0585. The number of hydrogen-bond donors (Lipinski definition) is 1. The maximum absolute atomic E-state index is 12.7. The van der Waals surface area contributed by atoms with E-state index in [1.165, 1.54) is 0 Å². The van der Waals surface area contributed by atoms with Crippen LogP contribution in [0.2, 0.25) is 0 Å². The summed E-state index contributed by atoms with van der Waals surface area (Å²) in [6.45, 7) is 11.6. The van der Waals surface area contributed by atoms with Gasteiger partial charge in [0.05, 0.1) is 6.04 Å². The van der Waals surface area contributed by atoms with Gasteiger partial charge in [-0.25, -0.2) is 4.79 Å². The average Bonchev–Trinajstić information content (AvgIpc) is 3.19. The summed E-state index contributed by atoms with van der Waals surface area (Å²) < 4.78 is 5.44. The molecule has 2 unspecified atom stereocenters. The van der Waals surface area contributed by atoms with E-state index in [2.05, 4.69) is 0 Å². The van der Waals surface area contributed by atoms with Crippen molar-refractivity contribution in [1.29, 1.82) is 0 Å². The van der Waals surface area contributed by atoms with Crippen LogP contribution in [-0.2, 0) is 9.53 Å². The normalized spacial score (nSPS) is 22.6. The number of carbonyl (C=O) groups excluding carboxylic acids is 2. The lowest BCUT2D eigenvalue weighted by atomic mass is 10.0. The molecule has 1 saturated heterocycles. The van der Waals surface area contributed by atoms with Crippen LogP contribution < -0.4 is 5.73 Å². The number of likely N-dealkylation sites (tertiary alicyclic amines) is 1. The standard InChI is InChI=1S/C18H33N3O3/c1-12(2)15(19)16(22)21(14-6-7-14)11-13-8-9-20(10-13)17(23)24-18(3,4)5/h12-15H,6-11,19H2,1-5H3. The summed E-state index contributed by atoms with van der Waals surface area (Å²) in [6, 6.07) is -0.0909. The topological polar surface area (TPSA) is 75.9 Å². The third-order valence-corrected chi connectivity index (χ3v) is 4.67. The van der Waals surface area contributed by atoms with E-state index in [4.69, 9.17) is 10.5 Å². The molecule has 0 aromatic rings. The molecule has 1 aliphatic heterocycles.